The number of rotatable bonds is 5. The van der Waals surface area contributed by atoms with Crippen LogP contribution in [-0.4, -0.2) is 29.2 Å². The summed E-state index contributed by atoms with van der Waals surface area (Å²) < 4.78 is 0. The zero-order chi connectivity index (χ0) is 16.4. The molecule has 0 aliphatic heterocycles. The Hall–Kier alpha value is -2.95. The molecule has 1 aliphatic carbocycles. The fourth-order valence-corrected chi connectivity index (χ4v) is 2.76. The van der Waals surface area contributed by atoms with Crippen molar-refractivity contribution in [2.24, 2.45) is 0 Å². The number of benzene rings is 2. The lowest BCUT2D eigenvalue weighted by Gasteiger charge is -2.20. The highest BCUT2D eigenvalue weighted by atomic mass is 16.4. The lowest BCUT2D eigenvalue weighted by Crippen LogP contribution is -2.22. The molecule has 0 fully saturated rings. The van der Waals surface area contributed by atoms with Gasteiger partial charge in [0.15, 0.2) is 11.6 Å². The van der Waals surface area contributed by atoms with Crippen molar-refractivity contribution in [1.29, 1.82) is 0 Å². The molecule has 1 aliphatic rings. The first-order valence-corrected chi connectivity index (χ1v) is 7.36. The molecule has 5 heteroatoms. The zero-order valence-corrected chi connectivity index (χ0v) is 12.3. The first-order chi connectivity index (χ1) is 11.1. The number of carboxylic acids is 1. The molecule has 23 heavy (non-hydrogen) atoms. The molecule has 5 nitrogen and oxygen atoms in total. The fraction of sp³-hybridized carbons (Fsp3) is 0.167. The number of nitrogens with one attached hydrogen (secondary N) is 1. The molecular weight excluding hydrogens is 294 g/mol. The van der Waals surface area contributed by atoms with E-state index < -0.39 is 5.97 Å². The van der Waals surface area contributed by atoms with Crippen molar-refractivity contribution in [2.75, 3.05) is 11.9 Å². The van der Waals surface area contributed by atoms with E-state index in [-0.39, 0.29) is 18.0 Å². The van der Waals surface area contributed by atoms with Gasteiger partial charge in [0.25, 0.3) is 0 Å². The topological polar surface area (TPSA) is 83.5 Å². The van der Waals surface area contributed by atoms with E-state index in [0.717, 1.165) is 0 Å². The number of carbonyl (C=O) groups is 3. The van der Waals surface area contributed by atoms with E-state index in [1.165, 1.54) is 0 Å². The van der Waals surface area contributed by atoms with E-state index in [2.05, 4.69) is 5.32 Å². The molecule has 2 aromatic carbocycles. The molecule has 2 aromatic rings. The Kier molecular flexibility index (Phi) is 3.93. The number of carbonyl (C=O) groups excluding carboxylic acids is 2. The summed E-state index contributed by atoms with van der Waals surface area (Å²) >= 11 is 0. The summed E-state index contributed by atoms with van der Waals surface area (Å²) in [6.45, 7) is 0.422. The molecule has 3 rings (SSSR count). The number of ketones is 2. The maximum atomic E-state index is 12.7. The SMILES string of the molecule is O=C(O)CCCNc1cccc2c1C(=O)c1ccccc1C2=O. The molecule has 0 aromatic heterocycles. The smallest absolute Gasteiger partial charge is 0.303 e. The second-order valence-corrected chi connectivity index (χ2v) is 5.36. The molecule has 0 saturated carbocycles. The number of aliphatic carboxylic acids is 1. The van der Waals surface area contributed by atoms with Crippen molar-refractivity contribution in [3.05, 3.63) is 64.7 Å². The van der Waals surface area contributed by atoms with Gasteiger partial charge in [-0.15, -0.1) is 0 Å². The summed E-state index contributed by atoms with van der Waals surface area (Å²) in [4.78, 5) is 35.8. The molecular formula is C18H15NO4. The Labute approximate surface area is 133 Å². The van der Waals surface area contributed by atoms with Crippen LogP contribution in [0, 0.1) is 0 Å². The molecule has 0 saturated heterocycles. The average Bonchev–Trinajstić information content (AvgIpc) is 2.56. The predicted octanol–water partition coefficient (Wildman–Crippen LogP) is 2.74. The van der Waals surface area contributed by atoms with Gasteiger partial charge in [0.05, 0.1) is 5.56 Å². The van der Waals surface area contributed by atoms with Crippen LogP contribution in [0.25, 0.3) is 0 Å². The summed E-state index contributed by atoms with van der Waals surface area (Å²) in [5, 5.41) is 11.7. The molecule has 0 spiro atoms. The van der Waals surface area contributed by atoms with E-state index in [1.807, 2.05) is 0 Å². The summed E-state index contributed by atoms with van der Waals surface area (Å²) in [5.74, 6) is -1.21. The minimum absolute atomic E-state index is 0.0533. The molecule has 0 atom stereocenters. The van der Waals surface area contributed by atoms with Crippen LogP contribution >= 0.6 is 0 Å². The van der Waals surface area contributed by atoms with Crippen molar-refractivity contribution >= 4 is 23.2 Å². The van der Waals surface area contributed by atoms with Crippen LogP contribution in [0.2, 0.25) is 0 Å². The monoisotopic (exact) mass is 309 g/mol. The van der Waals surface area contributed by atoms with Crippen LogP contribution in [0.4, 0.5) is 5.69 Å². The Morgan fingerprint density at radius 1 is 0.913 bits per heavy atom. The zero-order valence-electron chi connectivity index (χ0n) is 12.3. The molecule has 0 bridgehead atoms. The average molecular weight is 309 g/mol. The lowest BCUT2D eigenvalue weighted by molar-refractivity contribution is -0.137. The molecule has 0 radical (unpaired) electrons. The normalized spacial score (nSPS) is 12.5. The minimum atomic E-state index is -0.859. The van der Waals surface area contributed by atoms with Gasteiger partial charge in [-0.2, -0.15) is 0 Å². The standard InChI is InChI=1S/C18H15NO4/c20-15(21)9-4-10-19-14-8-3-7-13-16(14)18(23)12-6-2-1-5-11(12)17(13)22/h1-3,5-8,19H,4,9-10H2,(H,20,21). The summed E-state index contributed by atoms with van der Waals surface area (Å²) in [6, 6.07) is 11.9. The van der Waals surface area contributed by atoms with Gasteiger partial charge in [0.1, 0.15) is 0 Å². The van der Waals surface area contributed by atoms with Crippen LogP contribution in [0.15, 0.2) is 42.5 Å². The lowest BCUT2D eigenvalue weighted by atomic mass is 9.83. The molecule has 2 N–H and O–H groups in total. The van der Waals surface area contributed by atoms with Gasteiger partial charge in [0.2, 0.25) is 0 Å². The van der Waals surface area contributed by atoms with E-state index >= 15 is 0 Å². The van der Waals surface area contributed by atoms with Crippen LogP contribution in [0.5, 0.6) is 0 Å². The summed E-state index contributed by atoms with van der Waals surface area (Å²) in [7, 11) is 0. The highest BCUT2D eigenvalue weighted by Crippen LogP contribution is 2.31. The third-order valence-electron chi connectivity index (χ3n) is 3.84. The van der Waals surface area contributed by atoms with Gasteiger partial charge in [-0.3, -0.25) is 14.4 Å². The van der Waals surface area contributed by atoms with Gasteiger partial charge >= 0.3 is 5.97 Å². The second kappa shape index (κ2) is 6.04. The van der Waals surface area contributed by atoms with Crippen molar-refractivity contribution < 1.29 is 19.5 Å². The number of hydrogen-bond acceptors (Lipinski definition) is 4. The fourth-order valence-electron chi connectivity index (χ4n) is 2.76. The van der Waals surface area contributed by atoms with E-state index in [0.29, 0.717) is 40.9 Å². The van der Waals surface area contributed by atoms with Crippen LogP contribution < -0.4 is 5.32 Å². The Balaban J connectivity index is 1.93. The van der Waals surface area contributed by atoms with Crippen molar-refractivity contribution in [1.82, 2.24) is 0 Å². The third-order valence-corrected chi connectivity index (χ3v) is 3.84. The number of hydrogen-bond donors (Lipinski definition) is 2. The summed E-state index contributed by atoms with van der Waals surface area (Å²) in [6.07, 6.45) is 0.495. The molecule has 116 valence electrons. The molecule has 0 unspecified atom stereocenters. The maximum absolute atomic E-state index is 12.7. The predicted molar refractivity (Wildman–Crippen MR) is 85.1 cm³/mol. The van der Waals surface area contributed by atoms with Gasteiger partial charge in [-0.1, -0.05) is 36.4 Å². The minimum Gasteiger partial charge on any atom is -0.481 e. The quantitative estimate of drug-likeness (QED) is 0.708. The molecule has 0 amide bonds. The van der Waals surface area contributed by atoms with Gasteiger partial charge in [-0.25, -0.2) is 0 Å². The van der Waals surface area contributed by atoms with Crippen LogP contribution in [0.1, 0.15) is 44.7 Å². The van der Waals surface area contributed by atoms with E-state index in [4.69, 9.17) is 5.11 Å². The van der Waals surface area contributed by atoms with E-state index in [1.54, 1.807) is 42.5 Å². The van der Waals surface area contributed by atoms with Gasteiger partial charge in [0, 0.05) is 35.3 Å². The van der Waals surface area contributed by atoms with Crippen molar-refractivity contribution in [2.45, 2.75) is 12.8 Å². The Morgan fingerprint density at radius 2 is 1.57 bits per heavy atom. The first kappa shape index (κ1) is 15.0. The third kappa shape index (κ3) is 2.73. The highest BCUT2D eigenvalue weighted by Gasteiger charge is 2.31. The van der Waals surface area contributed by atoms with Crippen molar-refractivity contribution in [3.63, 3.8) is 0 Å². The van der Waals surface area contributed by atoms with Crippen LogP contribution in [-0.2, 0) is 4.79 Å². The van der Waals surface area contributed by atoms with Crippen molar-refractivity contribution in [3.8, 4) is 0 Å². The van der Waals surface area contributed by atoms with Gasteiger partial charge in [-0.05, 0) is 12.5 Å². The van der Waals surface area contributed by atoms with Gasteiger partial charge < -0.3 is 10.4 Å². The Morgan fingerprint density at radius 3 is 2.26 bits per heavy atom. The highest BCUT2D eigenvalue weighted by molar-refractivity contribution is 6.30. The summed E-state index contributed by atoms with van der Waals surface area (Å²) in [5.41, 5.74) is 2.15. The largest absolute Gasteiger partial charge is 0.481 e. The van der Waals surface area contributed by atoms with E-state index in [9.17, 15) is 14.4 Å². The number of carboxylic acid groups (broad SMARTS) is 1. The maximum Gasteiger partial charge on any atom is 0.303 e. The first-order valence-electron chi connectivity index (χ1n) is 7.36. The van der Waals surface area contributed by atoms with Crippen LogP contribution in [0.3, 0.4) is 0 Å². The number of anilines is 1. The Bertz CT molecular complexity index is 810. The second-order valence-electron chi connectivity index (χ2n) is 5.36. The molecule has 0 heterocycles. The number of fused-ring (bicyclic) bond motifs is 2.